The summed E-state index contributed by atoms with van der Waals surface area (Å²) in [5, 5.41) is 2.62. The number of aromatic nitrogens is 2. The van der Waals surface area contributed by atoms with Crippen LogP contribution in [-0.2, 0) is 6.18 Å². The second kappa shape index (κ2) is 8.97. The number of hydrogen-bond acceptors (Lipinski definition) is 4. The van der Waals surface area contributed by atoms with Gasteiger partial charge in [-0.3, -0.25) is 9.36 Å². The first-order valence-electron chi connectivity index (χ1n) is 10.5. The second-order valence-corrected chi connectivity index (χ2v) is 7.60. The van der Waals surface area contributed by atoms with E-state index in [-0.39, 0.29) is 23.4 Å². The highest BCUT2D eigenvalue weighted by molar-refractivity contribution is 5.85. The van der Waals surface area contributed by atoms with E-state index in [0.29, 0.717) is 17.8 Å². The van der Waals surface area contributed by atoms with Gasteiger partial charge in [0.25, 0.3) is 0 Å². The molecule has 2 aromatic heterocycles. The minimum Gasteiger partial charge on any atom is -0.475 e. The zero-order chi connectivity index (χ0) is 23.6. The van der Waals surface area contributed by atoms with Gasteiger partial charge >= 0.3 is 6.18 Å². The van der Waals surface area contributed by atoms with Gasteiger partial charge in [-0.1, -0.05) is 43.3 Å². The van der Waals surface area contributed by atoms with E-state index in [2.05, 4.69) is 10.3 Å². The van der Waals surface area contributed by atoms with Crippen LogP contribution in [0.15, 0.2) is 77.6 Å². The second-order valence-electron chi connectivity index (χ2n) is 7.60. The standard InChI is InChI=1S/C25H22F3N3O2/c1-3-16(2)33-22-14-19(25(26,27)28)23-20(32)15-21(29-17-10-6-4-7-11-17)31(24(23)30-22)18-12-8-5-9-13-18/h4-16,29H,3H2,1-2H3. The van der Waals surface area contributed by atoms with Crippen molar-refractivity contribution in [1.82, 2.24) is 9.55 Å². The number of nitrogens with zero attached hydrogens (tertiary/aromatic N) is 2. The summed E-state index contributed by atoms with van der Waals surface area (Å²) in [7, 11) is 0. The maximum absolute atomic E-state index is 14.0. The summed E-state index contributed by atoms with van der Waals surface area (Å²) in [6.07, 6.45) is -4.53. The molecule has 0 saturated heterocycles. The topological polar surface area (TPSA) is 56.1 Å². The third-order valence-corrected chi connectivity index (χ3v) is 5.21. The predicted molar refractivity (Wildman–Crippen MR) is 122 cm³/mol. The number of nitrogens with one attached hydrogen (secondary N) is 1. The van der Waals surface area contributed by atoms with Gasteiger partial charge in [0.2, 0.25) is 5.88 Å². The molecule has 0 aliphatic heterocycles. The third kappa shape index (κ3) is 4.69. The molecule has 1 unspecified atom stereocenters. The molecule has 8 heteroatoms. The molecular formula is C25H22F3N3O2. The maximum atomic E-state index is 14.0. The Balaban J connectivity index is 2.08. The summed E-state index contributed by atoms with van der Waals surface area (Å²) >= 11 is 0. The monoisotopic (exact) mass is 453 g/mol. The number of rotatable bonds is 6. The first-order chi connectivity index (χ1) is 15.8. The summed E-state index contributed by atoms with van der Waals surface area (Å²) in [6, 6.07) is 19.8. The average Bonchev–Trinajstić information content (AvgIpc) is 2.79. The van der Waals surface area contributed by atoms with Gasteiger partial charge in [0, 0.05) is 23.5 Å². The van der Waals surface area contributed by atoms with Crippen molar-refractivity contribution < 1.29 is 17.9 Å². The number of hydrogen-bond donors (Lipinski definition) is 1. The molecule has 0 fully saturated rings. The lowest BCUT2D eigenvalue weighted by Crippen LogP contribution is -2.20. The zero-order valence-electron chi connectivity index (χ0n) is 18.1. The number of halogens is 3. The summed E-state index contributed by atoms with van der Waals surface area (Å²) in [4.78, 5) is 17.4. The van der Waals surface area contributed by atoms with Crippen LogP contribution < -0.4 is 15.5 Å². The van der Waals surface area contributed by atoms with Gasteiger partial charge in [-0.15, -0.1) is 0 Å². The van der Waals surface area contributed by atoms with Crippen LogP contribution in [-0.4, -0.2) is 15.7 Å². The van der Waals surface area contributed by atoms with E-state index in [9.17, 15) is 18.0 Å². The fourth-order valence-corrected chi connectivity index (χ4v) is 3.46. The lowest BCUT2D eigenvalue weighted by atomic mass is 10.1. The highest BCUT2D eigenvalue weighted by Gasteiger charge is 2.36. The van der Waals surface area contributed by atoms with E-state index >= 15 is 0 Å². The maximum Gasteiger partial charge on any atom is 0.417 e. The van der Waals surface area contributed by atoms with E-state index in [0.717, 1.165) is 12.1 Å². The smallest absolute Gasteiger partial charge is 0.417 e. The molecule has 0 spiro atoms. The number of para-hydroxylation sites is 2. The van der Waals surface area contributed by atoms with Crippen LogP contribution in [0.5, 0.6) is 5.88 Å². The molecule has 1 N–H and O–H groups in total. The molecule has 0 aliphatic carbocycles. The van der Waals surface area contributed by atoms with Gasteiger partial charge in [0.1, 0.15) is 5.82 Å². The van der Waals surface area contributed by atoms with Gasteiger partial charge in [-0.25, -0.2) is 0 Å². The van der Waals surface area contributed by atoms with Crippen molar-refractivity contribution in [1.29, 1.82) is 0 Å². The molecular weight excluding hydrogens is 431 g/mol. The minimum atomic E-state index is -4.77. The average molecular weight is 453 g/mol. The molecule has 4 aromatic rings. The molecule has 0 radical (unpaired) electrons. The van der Waals surface area contributed by atoms with Crippen molar-refractivity contribution in [3.8, 4) is 11.6 Å². The number of alkyl halides is 3. The number of benzene rings is 2. The van der Waals surface area contributed by atoms with E-state index in [1.54, 1.807) is 49.4 Å². The first kappa shape index (κ1) is 22.4. The summed E-state index contributed by atoms with van der Waals surface area (Å²) < 4.78 is 49.2. The normalized spacial score (nSPS) is 12.5. The SMILES string of the molecule is CCC(C)Oc1cc(C(F)(F)F)c2c(=O)cc(Nc3ccccc3)n(-c3ccccc3)c2n1. The van der Waals surface area contributed by atoms with E-state index in [1.807, 2.05) is 25.1 Å². The molecule has 4 rings (SSSR count). The lowest BCUT2D eigenvalue weighted by Gasteiger charge is -2.21. The van der Waals surface area contributed by atoms with Crippen molar-refractivity contribution in [3.63, 3.8) is 0 Å². The molecule has 0 saturated carbocycles. The number of ether oxygens (including phenoxy) is 1. The van der Waals surface area contributed by atoms with Crippen LogP contribution in [0.3, 0.4) is 0 Å². The van der Waals surface area contributed by atoms with Gasteiger partial charge in [0.15, 0.2) is 11.1 Å². The summed E-state index contributed by atoms with van der Waals surface area (Å²) in [6.45, 7) is 3.61. The lowest BCUT2D eigenvalue weighted by molar-refractivity contribution is -0.136. The van der Waals surface area contributed by atoms with Crippen molar-refractivity contribution in [2.75, 3.05) is 5.32 Å². The Hall–Kier alpha value is -3.81. The molecule has 1 atom stereocenters. The van der Waals surface area contributed by atoms with Gasteiger partial charge in [-0.2, -0.15) is 18.2 Å². The zero-order valence-corrected chi connectivity index (χ0v) is 18.1. The first-order valence-corrected chi connectivity index (χ1v) is 10.5. The van der Waals surface area contributed by atoms with Crippen LogP contribution in [0.2, 0.25) is 0 Å². The van der Waals surface area contributed by atoms with E-state index in [4.69, 9.17) is 4.74 Å². The molecule has 170 valence electrons. The summed E-state index contributed by atoms with van der Waals surface area (Å²) in [5.41, 5.74) is -0.788. The fraction of sp³-hybridized carbons (Fsp3) is 0.200. The van der Waals surface area contributed by atoms with E-state index < -0.39 is 22.6 Å². The van der Waals surface area contributed by atoms with Gasteiger partial charge in [-0.05, 0) is 37.6 Å². The number of fused-ring (bicyclic) bond motifs is 1. The predicted octanol–water partition coefficient (Wildman–Crippen LogP) is 6.33. The molecule has 33 heavy (non-hydrogen) atoms. The van der Waals surface area contributed by atoms with Crippen molar-refractivity contribution in [3.05, 3.63) is 88.6 Å². The largest absolute Gasteiger partial charge is 0.475 e. The minimum absolute atomic E-state index is 0.139. The molecule has 5 nitrogen and oxygen atoms in total. The van der Waals surface area contributed by atoms with E-state index in [1.165, 1.54) is 4.57 Å². The van der Waals surface area contributed by atoms with Crippen LogP contribution >= 0.6 is 0 Å². The summed E-state index contributed by atoms with van der Waals surface area (Å²) in [5.74, 6) is 0.0938. The Bertz CT molecular complexity index is 1320. The Kier molecular flexibility index (Phi) is 6.09. The Labute approximate surface area is 188 Å². The van der Waals surface area contributed by atoms with Crippen molar-refractivity contribution >= 4 is 22.5 Å². The van der Waals surface area contributed by atoms with Crippen LogP contribution in [0.4, 0.5) is 24.7 Å². The third-order valence-electron chi connectivity index (χ3n) is 5.21. The van der Waals surface area contributed by atoms with Gasteiger partial charge < -0.3 is 10.1 Å². The fourth-order valence-electron chi connectivity index (χ4n) is 3.46. The van der Waals surface area contributed by atoms with Crippen LogP contribution in [0.1, 0.15) is 25.8 Å². The highest BCUT2D eigenvalue weighted by atomic mass is 19.4. The molecule has 0 bridgehead atoms. The Morgan fingerprint density at radius 1 is 1.03 bits per heavy atom. The van der Waals surface area contributed by atoms with Crippen LogP contribution in [0, 0.1) is 0 Å². The number of pyridine rings is 2. The van der Waals surface area contributed by atoms with Crippen LogP contribution in [0.25, 0.3) is 16.7 Å². The molecule has 0 aliphatic rings. The number of anilines is 2. The quantitative estimate of drug-likeness (QED) is 0.371. The van der Waals surface area contributed by atoms with Crippen molar-refractivity contribution in [2.45, 2.75) is 32.5 Å². The van der Waals surface area contributed by atoms with Crippen molar-refractivity contribution in [2.24, 2.45) is 0 Å². The molecule has 0 amide bonds. The Morgan fingerprint density at radius 3 is 2.27 bits per heavy atom. The Morgan fingerprint density at radius 2 is 1.67 bits per heavy atom. The molecule has 2 heterocycles. The van der Waals surface area contributed by atoms with Gasteiger partial charge in [0.05, 0.1) is 17.1 Å². The highest BCUT2D eigenvalue weighted by Crippen LogP contribution is 2.37. The molecule has 2 aromatic carbocycles.